The van der Waals surface area contributed by atoms with Crippen molar-refractivity contribution in [2.45, 2.75) is 33.2 Å². The number of carbonyl (C=O) groups excluding carboxylic acids is 1. The van der Waals surface area contributed by atoms with Crippen molar-refractivity contribution in [1.82, 2.24) is 30.5 Å². The zero-order valence-electron chi connectivity index (χ0n) is 18.3. The van der Waals surface area contributed by atoms with Gasteiger partial charge in [0.1, 0.15) is 5.82 Å². The summed E-state index contributed by atoms with van der Waals surface area (Å²) in [5.74, 6) is 0.935. The molecule has 0 spiro atoms. The van der Waals surface area contributed by atoms with E-state index < -0.39 is 0 Å². The molecular weight excluding hydrogens is 402 g/mol. The topological polar surface area (TPSA) is 112 Å². The van der Waals surface area contributed by atoms with Crippen LogP contribution in [0.5, 0.6) is 0 Å². The Morgan fingerprint density at radius 2 is 1.88 bits per heavy atom. The van der Waals surface area contributed by atoms with Gasteiger partial charge in [-0.1, -0.05) is 36.8 Å². The monoisotopic (exact) mass is 427 g/mol. The van der Waals surface area contributed by atoms with Crippen LogP contribution in [0, 0.1) is 6.92 Å². The Morgan fingerprint density at radius 3 is 2.59 bits per heavy atom. The maximum absolute atomic E-state index is 13.2. The molecule has 0 fully saturated rings. The van der Waals surface area contributed by atoms with Crippen LogP contribution in [0.2, 0.25) is 0 Å². The highest BCUT2D eigenvalue weighted by atomic mass is 16.1. The van der Waals surface area contributed by atoms with Crippen LogP contribution in [0.25, 0.3) is 16.8 Å². The van der Waals surface area contributed by atoms with Crippen molar-refractivity contribution in [3.8, 4) is 16.8 Å². The minimum Gasteiger partial charge on any atom is -0.384 e. The summed E-state index contributed by atoms with van der Waals surface area (Å²) >= 11 is 0. The molecule has 1 unspecified atom stereocenters. The second-order valence-electron chi connectivity index (χ2n) is 7.70. The van der Waals surface area contributed by atoms with Crippen LogP contribution in [0.15, 0.2) is 60.8 Å². The quantitative estimate of drug-likeness (QED) is 0.486. The van der Waals surface area contributed by atoms with Gasteiger partial charge in [-0.3, -0.25) is 4.79 Å². The van der Waals surface area contributed by atoms with Gasteiger partial charge in [0.2, 0.25) is 0 Å². The molecule has 0 saturated carbocycles. The van der Waals surface area contributed by atoms with Crippen molar-refractivity contribution >= 4 is 11.7 Å². The SMILES string of the molecule is CCc1nnnn1-c1cc(C(=O)NC(C)c2ccnc(N)c2)cc(-c2ccc(C)cc2)c1. The molecule has 1 atom stereocenters. The van der Waals surface area contributed by atoms with Crippen molar-refractivity contribution in [2.75, 3.05) is 5.73 Å². The number of rotatable bonds is 6. The molecule has 8 nitrogen and oxygen atoms in total. The van der Waals surface area contributed by atoms with E-state index in [2.05, 4.69) is 25.8 Å². The Kier molecular flexibility index (Phi) is 5.93. The first-order valence-electron chi connectivity index (χ1n) is 10.5. The average Bonchev–Trinajstić information content (AvgIpc) is 3.28. The van der Waals surface area contributed by atoms with Crippen molar-refractivity contribution in [3.05, 3.63) is 83.3 Å². The van der Waals surface area contributed by atoms with Gasteiger partial charge in [-0.15, -0.1) is 5.10 Å². The first-order valence-corrected chi connectivity index (χ1v) is 10.5. The summed E-state index contributed by atoms with van der Waals surface area (Å²) in [6.07, 6.45) is 2.30. The normalized spacial score (nSPS) is 11.8. The predicted molar refractivity (Wildman–Crippen MR) is 123 cm³/mol. The lowest BCUT2D eigenvalue weighted by Gasteiger charge is -2.16. The molecule has 0 saturated heterocycles. The van der Waals surface area contributed by atoms with Gasteiger partial charge in [-0.05, 0) is 71.3 Å². The third-order valence-electron chi connectivity index (χ3n) is 5.31. The number of tetrazole rings is 1. The number of anilines is 1. The molecule has 162 valence electrons. The number of hydrogen-bond donors (Lipinski definition) is 2. The van der Waals surface area contributed by atoms with Crippen LogP contribution >= 0.6 is 0 Å². The molecule has 8 heteroatoms. The van der Waals surface area contributed by atoms with E-state index >= 15 is 0 Å². The number of nitrogen functional groups attached to an aromatic ring is 1. The molecule has 3 N–H and O–H groups in total. The highest BCUT2D eigenvalue weighted by Gasteiger charge is 2.16. The molecule has 2 aromatic heterocycles. The van der Waals surface area contributed by atoms with Crippen molar-refractivity contribution in [3.63, 3.8) is 0 Å². The number of aromatic nitrogens is 5. The van der Waals surface area contributed by atoms with Crippen LogP contribution in [0.3, 0.4) is 0 Å². The van der Waals surface area contributed by atoms with Gasteiger partial charge in [0.15, 0.2) is 5.82 Å². The molecule has 0 aliphatic heterocycles. The lowest BCUT2D eigenvalue weighted by atomic mass is 10.00. The number of aryl methyl sites for hydroxylation is 2. The second kappa shape index (κ2) is 8.97. The highest BCUT2D eigenvalue weighted by molar-refractivity contribution is 5.96. The van der Waals surface area contributed by atoms with Crippen molar-refractivity contribution in [1.29, 1.82) is 0 Å². The number of amides is 1. The van der Waals surface area contributed by atoms with E-state index in [0.29, 0.717) is 17.8 Å². The standard InChI is InChI=1S/C24H25N7O/c1-4-23-28-29-30-31(23)21-12-19(17-7-5-15(2)6-8-17)11-20(13-21)24(32)27-16(3)18-9-10-26-22(25)14-18/h5-14,16H,4H2,1-3H3,(H2,25,26)(H,27,32). The summed E-state index contributed by atoms with van der Waals surface area (Å²) in [6.45, 7) is 5.94. The number of carbonyl (C=O) groups is 1. The summed E-state index contributed by atoms with van der Waals surface area (Å²) in [7, 11) is 0. The number of hydrogen-bond acceptors (Lipinski definition) is 6. The number of nitrogens with zero attached hydrogens (tertiary/aromatic N) is 5. The van der Waals surface area contributed by atoms with E-state index in [-0.39, 0.29) is 11.9 Å². The van der Waals surface area contributed by atoms with E-state index in [0.717, 1.165) is 28.2 Å². The third kappa shape index (κ3) is 4.49. The molecule has 4 aromatic rings. The molecule has 0 aliphatic rings. The largest absolute Gasteiger partial charge is 0.384 e. The predicted octanol–water partition coefficient (Wildman–Crippen LogP) is 3.67. The van der Waals surface area contributed by atoms with Crippen LogP contribution in [-0.2, 0) is 6.42 Å². The first kappa shape index (κ1) is 21.2. The van der Waals surface area contributed by atoms with Gasteiger partial charge in [-0.25, -0.2) is 4.98 Å². The zero-order chi connectivity index (χ0) is 22.7. The number of benzene rings is 2. The molecule has 0 radical (unpaired) electrons. The maximum Gasteiger partial charge on any atom is 0.251 e. The molecule has 2 heterocycles. The van der Waals surface area contributed by atoms with E-state index in [1.807, 2.05) is 63.2 Å². The zero-order valence-corrected chi connectivity index (χ0v) is 18.3. The van der Waals surface area contributed by atoms with Crippen LogP contribution < -0.4 is 11.1 Å². The smallest absolute Gasteiger partial charge is 0.251 e. The Labute approximate surface area is 186 Å². The summed E-state index contributed by atoms with van der Waals surface area (Å²) < 4.78 is 1.67. The lowest BCUT2D eigenvalue weighted by molar-refractivity contribution is 0.0940. The Morgan fingerprint density at radius 1 is 1.09 bits per heavy atom. The minimum atomic E-state index is -0.237. The van der Waals surface area contributed by atoms with Crippen LogP contribution in [0.1, 0.15) is 47.2 Å². The molecule has 2 aromatic carbocycles. The molecule has 0 aliphatic carbocycles. The van der Waals surface area contributed by atoms with Crippen LogP contribution in [-0.4, -0.2) is 31.1 Å². The minimum absolute atomic E-state index is 0.200. The van der Waals surface area contributed by atoms with Gasteiger partial charge < -0.3 is 11.1 Å². The van der Waals surface area contributed by atoms with E-state index in [4.69, 9.17) is 5.73 Å². The lowest BCUT2D eigenvalue weighted by Crippen LogP contribution is -2.27. The summed E-state index contributed by atoms with van der Waals surface area (Å²) in [4.78, 5) is 17.2. The fraction of sp³-hybridized carbons (Fsp3) is 0.208. The number of nitrogens with two attached hydrogens (primary N) is 1. The van der Waals surface area contributed by atoms with Gasteiger partial charge in [0.05, 0.1) is 11.7 Å². The molecule has 32 heavy (non-hydrogen) atoms. The fourth-order valence-electron chi connectivity index (χ4n) is 3.50. The molecular formula is C24H25N7O. The van der Waals surface area contributed by atoms with Gasteiger partial charge in [-0.2, -0.15) is 4.68 Å². The first-order chi connectivity index (χ1) is 15.4. The Balaban J connectivity index is 1.73. The van der Waals surface area contributed by atoms with Crippen LogP contribution in [0.4, 0.5) is 5.82 Å². The molecule has 1 amide bonds. The third-order valence-corrected chi connectivity index (χ3v) is 5.31. The van der Waals surface area contributed by atoms with E-state index in [1.165, 1.54) is 5.56 Å². The summed E-state index contributed by atoms with van der Waals surface area (Å²) in [6, 6.07) is 17.2. The summed E-state index contributed by atoms with van der Waals surface area (Å²) in [5, 5.41) is 15.1. The highest BCUT2D eigenvalue weighted by Crippen LogP contribution is 2.26. The van der Waals surface area contributed by atoms with Gasteiger partial charge >= 0.3 is 0 Å². The molecule has 0 bridgehead atoms. The van der Waals surface area contributed by atoms with Gasteiger partial charge in [0, 0.05) is 18.2 Å². The van der Waals surface area contributed by atoms with E-state index in [1.54, 1.807) is 23.0 Å². The molecule has 4 rings (SSSR count). The number of nitrogens with one attached hydrogen (secondary N) is 1. The summed E-state index contributed by atoms with van der Waals surface area (Å²) in [5.41, 5.74) is 11.0. The Bertz CT molecular complexity index is 1250. The van der Waals surface area contributed by atoms with E-state index in [9.17, 15) is 4.79 Å². The maximum atomic E-state index is 13.2. The second-order valence-corrected chi connectivity index (χ2v) is 7.70. The Hall–Kier alpha value is -4.07. The fourth-order valence-corrected chi connectivity index (χ4v) is 3.50. The van der Waals surface area contributed by atoms with Crippen molar-refractivity contribution in [2.24, 2.45) is 0 Å². The van der Waals surface area contributed by atoms with Gasteiger partial charge in [0.25, 0.3) is 5.91 Å². The number of pyridine rings is 1. The van der Waals surface area contributed by atoms with Crippen molar-refractivity contribution < 1.29 is 4.79 Å². The average molecular weight is 428 g/mol.